The first kappa shape index (κ1) is 12.6. The SMILES string of the molecule is CC(=O)/C=C(/CC(=O)C(C)C)C(=O)O. The van der Waals surface area contributed by atoms with Crippen molar-refractivity contribution in [3.8, 4) is 0 Å². The summed E-state index contributed by atoms with van der Waals surface area (Å²) in [6.45, 7) is 4.63. The molecule has 0 saturated heterocycles. The third-order valence-electron chi connectivity index (χ3n) is 1.66. The molecule has 0 atom stereocenters. The quantitative estimate of drug-likeness (QED) is 0.674. The Hall–Kier alpha value is -1.45. The number of hydrogen-bond donors (Lipinski definition) is 1. The molecule has 4 nitrogen and oxygen atoms in total. The predicted molar refractivity (Wildman–Crippen MR) is 50.9 cm³/mol. The van der Waals surface area contributed by atoms with Crippen molar-refractivity contribution in [1.29, 1.82) is 0 Å². The van der Waals surface area contributed by atoms with Crippen molar-refractivity contribution in [2.75, 3.05) is 0 Å². The van der Waals surface area contributed by atoms with E-state index in [0.29, 0.717) is 0 Å². The summed E-state index contributed by atoms with van der Waals surface area (Å²) < 4.78 is 0. The smallest absolute Gasteiger partial charge is 0.332 e. The average molecular weight is 198 g/mol. The van der Waals surface area contributed by atoms with E-state index in [9.17, 15) is 14.4 Å². The number of carboxylic acids is 1. The summed E-state index contributed by atoms with van der Waals surface area (Å²) in [7, 11) is 0. The lowest BCUT2D eigenvalue weighted by Gasteiger charge is -2.03. The molecule has 0 aromatic heterocycles. The van der Waals surface area contributed by atoms with Gasteiger partial charge in [0, 0.05) is 17.9 Å². The van der Waals surface area contributed by atoms with Gasteiger partial charge in [-0.2, -0.15) is 0 Å². The van der Waals surface area contributed by atoms with E-state index >= 15 is 0 Å². The molecule has 0 bridgehead atoms. The van der Waals surface area contributed by atoms with E-state index in [2.05, 4.69) is 0 Å². The van der Waals surface area contributed by atoms with Crippen LogP contribution in [0.25, 0.3) is 0 Å². The van der Waals surface area contributed by atoms with Gasteiger partial charge in [-0.25, -0.2) is 4.79 Å². The molecule has 14 heavy (non-hydrogen) atoms. The second kappa shape index (κ2) is 5.32. The fourth-order valence-corrected chi connectivity index (χ4v) is 0.826. The maximum atomic E-state index is 11.2. The Morgan fingerprint density at radius 1 is 1.29 bits per heavy atom. The minimum atomic E-state index is -1.21. The van der Waals surface area contributed by atoms with Gasteiger partial charge in [-0.15, -0.1) is 0 Å². The zero-order valence-electron chi connectivity index (χ0n) is 8.53. The lowest BCUT2D eigenvalue weighted by molar-refractivity contribution is -0.134. The van der Waals surface area contributed by atoms with Gasteiger partial charge in [0.2, 0.25) is 0 Å². The van der Waals surface area contributed by atoms with Crippen LogP contribution in [0.1, 0.15) is 27.2 Å². The molecule has 0 unspecified atom stereocenters. The van der Waals surface area contributed by atoms with Gasteiger partial charge in [-0.3, -0.25) is 9.59 Å². The fourth-order valence-electron chi connectivity index (χ4n) is 0.826. The van der Waals surface area contributed by atoms with Crippen molar-refractivity contribution >= 4 is 17.5 Å². The highest BCUT2D eigenvalue weighted by atomic mass is 16.4. The van der Waals surface area contributed by atoms with Gasteiger partial charge < -0.3 is 5.11 Å². The first-order chi connectivity index (χ1) is 6.34. The minimum Gasteiger partial charge on any atom is -0.478 e. The zero-order valence-corrected chi connectivity index (χ0v) is 8.53. The average Bonchev–Trinajstić information content (AvgIpc) is 2.01. The van der Waals surface area contributed by atoms with Crippen molar-refractivity contribution in [2.45, 2.75) is 27.2 Å². The molecular weight excluding hydrogens is 184 g/mol. The summed E-state index contributed by atoms with van der Waals surface area (Å²) in [5.74, 6) is -1.97. The number of carboxylic acid groups (broad SMARTS) is 1. The van der Waals surface area contributed by atoms with Crippen LogP contribution in [-0.2, 0) is 14.4 Å². The van der Waals surface area contributed by atoms with Crippen molar-refractivity contribution < 1.29 is 19.5 Å². The third-order valence-corrected chi connectivity index (χ3v) is 1.66. The van der Waals surface area contributed by atoms with Crippen LogP contribution < -0.4 is 0 Å². The highest BCUT2D eigenvalue weighted by molar-refractivity contribution is 6.01. The van der Waals surface area contributed by atoms with Gasteiger partial charge in [0.1, 0.15) is 5.78 Å². The number of rotatable bonds is 5. The number of carbonyl (C=O) groups is 3. The summed E-state index contributed by atoms with van der Waals surface area (Å²) in [5.41, 5.74) is -0.142. The Kier molecular flexibility index (Phi) is 4.77. The van der Waals surface area contributed by atoms with Crippen LogP contribution in [0.5, 0.6) is 0 Å². The molecule has 0 fully saturated rings. The molecule has 0 aromatic rings. The first-order valence-electron chi connectivity index (χ1n) is 4.31. The van der Waals surface area contributed by atoms with Gasteiger partial charge in [0.05, 0.1) is 0 Å². The molecule has 0 amide bonds. The summed E-state index contributed by atoms with van der Waals surface area (Å²) in [4.78, 5) is 32.5. The summed E-state index contributed by atoms with van der Waals surface area (Å²) in [6.07, 6.45) is 0.801. The first-order valence-corrected chi connectivity index (χ1v) is 4.31. The zero-order chi connectivity index (χ0) is 11.3. The maximum Gasteiger partial charge on any atom is 0.332 e. The van der Waals surface area contributed by atoms with Crippen LogP contribution in [0.15, 0.2) is 11.6 Å². The van der Waals surface area contributed by atoms with Gasteiger partial charge in [-0.05, 0) is 13.0 Å². The Bertz CT molecular complexity index is 286. The summed E-state index contributed by atoms with van der Waals surface area (Å²) >= 11 is 0. The van der Waals surface area contributed by atoms with Crippen LogP contribution in [0.4, 0.5) is 0 Å². The standard InChI is InChI=1S/C10H14O4/c1-6(2)9(12)5-8(10(13)14)4-7(3)11/h4,6H,5H2,1-3H3,(H,13,14)/b8-4-. The lowest BCUT2D eigenvalue weighted by atomic mass is 10.0. The Morgan fingerprint density at radius 2 is 1.79 bits per heavy atom. The number of hydrogen-bond acceptors (Lipinski definition) is 3. The molecule has 1 N–H and O–H groups in total. The number of carbonyl (C=O) groups excluding carboxylic acids is 2. The van der Waals surface area contributed by atoms with Crippen molar-refractivity contribution in [1.82, 2.24) is 0 Å². The normalized spacial score (nSPS) is 11.6. The predicted octanol–water partition coefficient (Wildman–Crippen LogP) is 1.20. The van der Waals surface area contributed by atoms with Gasteiger partial charge in [0.25, 0.3) is 0 Å². The van der Waals surface area contributed by atoms with Crippen LogP contribution in [0, 0.1) is 5.92 Å². The number of ketones is 2. The van der Waals surface area contributed by atoms with Crippen LogP contribution in [0.3, 0.4) is 0 Å². The molecule has 0 radical (unpaired) electrons. The van der Waals surface area contributed by atoms with Crippen LogP contribution in [0.2, 0.25) is 0 Å². The largest absolute Gasteiger partial charge is 0.478 e. The molecule has 0 spiro atoms. The van der Waals surface area contributed by atoms with Gasteiger partial charge in [0.15, 0.2) is 5.78 Å². The van der Waals surface area contributed by atoms with Crippen molar-refractivity contribution in [3.05, 3.63) is 11.6 Å². The number of Topliss-reactive ketones (excluding diaryl/α,β-unsaturated/α-hetero) is 1. The molecule has 0 rings (SSSR count). The molecule has 0 aliphatic carbocycles. The molecule has 0 saturated carbocycles. The highest BCUT2D eigenvalue weighted by Crippen LogP contribution is 2.08. The van der Waals surface area contributed by atoms with E-state index in [1.807, 2.05) is 0 Å². The number of aliphatic carboxylic acids is 1. The van der Waals surface area contributed by atoms with E-state index in [1.54, 1.807) is 13.8 Å². The van der Waals surface area contributed by atoms with E-state index < -0.39 is 5.97 Å². The lowest BCUT2D eigenvalue weighted by Crippen LogP contribution is -2.13. The molecule has 0 aromatic carbocycles. The minimum absolute atomic E-state index is 0.142. The molecule has 78 valence electrons. The second-order valence-corrected chi connectivity index (χ2v) is 3.38. The van der Waals surface area contributed by atoms with Crippen LogP contribution >= 0.6 is 0 Å². The molecule has 0 aliphatic rings. The topological polar surface area (TPSA) is 71.4 Å². The highest BCUT2D eigenvalue weighted by Gasteiger charge is 2.15. The van der Waals surface area contributed by atoms with Gasteiger partial charge in [-0.1, -0.05) is 13.8 Å². The van der Waals surface area contributed by atoms with Gasteiger partial charge >= 0.3 is 5.97 Å². The molecule has 4 heteroatoms. The molecular formula is C10H14O4. The second-order valence-electron chi connectivity index (χ2n) is 3.38. The van der Waals surface area contributed by atoms with E-state index in [1.165, 1.54) is 6.92 Å². The van der Waals surface area contributed by atoms with Crippen molar-refractivity contribution in [2.24, 2.45) is 5.92 Å². The Morgan fingerprint density at radius 3 is 2.07 bits per heavy atom. The fraction of sp³-hybridized carbons (Fsp3) is 0.500. The summed E-state index contributed by atoms with van der Waals surface area (Å²) in [5, 5.41) is 8.68. The monoisotopic (exact) mass is 198 g/mol. The Balaban J connectivity index is 4.64. The molecule has 0 heterocycles. The molecule has 0 aliphatic heterocycles. The van der Waals surface area contributed by atoms with Crippen LogP contribution in [-0.4, -0.2) is 22.6 Å². The van der Waals surface area contributed by atoms with E-state index in [0.717, 1.165) is 6.08 Å². The Labute approximate surface area is 82.6 Å². The van der Waals surface area contributed by atoms with E-state index in [-0.39, 0.29) is 29.5 Å². The number of allylic oxidation sites excluding steroid dienone is 1. The maximum absolute atomic E-state index is 11.2. The summed E-state index contributed by atoms with van der Waals surface area (Å²) in [6, 6.07) is 0. The van der Waals surface area contributed by atoms with E-state index in [4.69, 9.17) is 5.11 Å². The van der Waals surface area contributed by atoms with Crippen molar-refractivity contribution in [3.63, 3.8) is 0 Å². The third kappa shape index (κ3) is 4.54.